The summed E-state index contributed by atoms with van der Waals surface area (Å²) in [5.41, 5.74) is 7.23. The molecule has 0 bridgehead atoms. The second-order valence-corrected chi connectivity index (χ2v) is 8.08. The summed E-state index contributed by atoms with van der Waals surface area (Å²) in [5.74, 6) is 0.915. The number of allylic oxidation sites excluding steroid dienone is 1. The van der Waals surface area contributed by atoms with Crippen LogP contribution in [-0.2, 0) is 26.6 Å². The third-order valence-corrected chi connectivity index (χ3v) is 5.83. The lowest BCUT2D eigenvalue weighted by Crippen LogP contribution is -2.22. The van der Waals surface area contributed by atoms with Crippen LogP contribution in [0.4, 0.5) is 5.82 Å². The van der Waals surface area contributed by atoms with Gasteiger partial charge in [-0.1, -0.05) is 6.92 Å². The van der Waals surface area contributed by atoms with E-state index in [1.165, 1.54) is 16.7 Å². The summed E-state index contributed by atoms with van der Waals surface area (Å²) in [5, 5.41) is 0. The fourth-order valence-corrected chi connectivity index (χ4v) is 3.88. The monoisotopic (exact) mass is 464 g/mol. The SMILES string of the molecule is CCCC(=O)OCC/C(SCc1oc(=O)oc1C)=C(\C)N(C=O)Cc1cnc(C)nc1N. The van der Waals surface area contributed by atoms with E-state index in [1.54, 1.807) is 27.0 Å². The molecule has 0 unspecified atom stereocenters. The molecule has 0 aliphatic rings. The van der Waals surface area contributed by atoms with Crippen molar-refractivity contribution in [3.05, 3.63) is 50.3 Å². The molecule has 0 radical (unpaired) electrons. The van der Waals surface area contributed by atoms with E-state index in [0.717, 1.165) is 4.91 Å². The quantitative estimate of drug-likeness (QED) is 0.368. The third-order valence-electron chi connectivity index (χ3n) is 4.58. The molecule has 11 heteroatoms. The van der Waals surface area contributed by atoms with Gasteiger partial charge in [-0.25, -0.2) is 14.8 Å². The van der Waals surface area contributed by atoms with Crippen LogP contribution in [-0.4, -0.2) is 33.9 Å². The number of hydrogen-bond acceptors (Lipinski definition) is 10. The highest BCUT2D eigenvalue weighted by atomic mass is 32.2. The first-order chi connectivity index (χ1) is 15.2. The van der Waals surface area contributed by atoms with Gasteiger partial charge in [-0.05, 0) is 27.2 Å². The highest BCUT2D eigenvalue weighted by molar-refractivity contribution is 8.02. The fraction of sp³-hybridized carbons (Fsp3) is 0.476. The van der Waals surface area contributed by atoms with Gasteiger partial charge in [0.25, 0.3) is 0 Å². The molecule has 2 aromatic rings. The fourth-order valence-electron chi connectivity index (χ4n) is 2.76. The predicted molar refractivity (Wildman–Crippen MR) is 119 cm³/mol. The highest BCUT2D eigenvalue weighted by Gasteiger charge is 2.17. The molecule has 2 rings (SSSR count). The average Bonchev–Trinajstić information content (AvgIpc) is 3.06. The molecule has 0 atom stereocenters. The Bertz CT molecular complexity index is 1030. The zero-order chi connectivity index (χ0) is 23.7. The number of anilines is 1. The summed E-state index contributed by atoms with van der Waals surface area (Å²) in [6.07, 6.45) is 3.72. The van der Waals surface area contributed by atoms with Gasteiger partial charge in [-0.15, -0.1) is 11.8 Å². The molecular weight excluding hydrogens is 436 g/mol. The molecule has 0 aromatic carbocycles. The van der Waals surface area contributed by atoms with Crippen molar-refractivity contribution in [3.63, 3.8) is 0 Å². The topological polar surface area (TPSA) is 142 Å². The summed E-state index contributed by atoms with van der Waals surface area (Å²) in [6.45, 7) is 7.40. The van der Waals surface area contributed by atoms with Crippen molar-refractivity contribution in [2.45, 2.75) is 59.3 Å². The number of aryl methyl sites for hydroxylation is 2. The molecule has 0 aliphatic heterocycles. The van der Waals surface area contributed by atoms with E-state index in [4.69, 9.17) is 19.3 Å². The van der Waals surface area contributed by atoms with Crippen molar-refractivity contribution in [2.75, 3.05) is 12.3 Å². The highest BCUT2D eigenvalue weighted by Crippen LogP contribution is 2.30. The van der Waals surface area contributed by atoms with E-state index in [2.05, 4.69) is 9.97 Å². The van der Waals surface area contributed by atoms with Crippen LogP contribution in [0.2, 0.25) is 0 Å². The van der Waals surface area contributed by atoms with E-state index in [1.807, 2.05) is 6.92 Å². The Morgan fingerprint density at radius 3 is 2.66 bits per heavy atom. The molecule has 32 heavy (non-hydrogen) atoms. The predicted octanol–water partition coefficient (Wildman–Crippen LogP) is 3.08. The molecule has 0 saturated carbocycles. The molecule has 0 saturated heterocycles. The van der Waals surface area contributed by atoms with Gasteiger partial charge in [0, 0.05) is 35.2 Å². The minimum atomic E-state index is -0.766. The Labute approximate surface area is 190 Å². The minimum Gasteiger partial charge on any atom is -0.465 e. The number of rotatable bonds is 12. The largest absolute Gasteiger partial charge is 0.519 e. The van der Waals surface area contributed by atoms with Gasteiger partial charge in [0.1, 0.15) is 17.4 Å². The zero-order valence-corrected chi connectivity index (χ0v) is 19.5. The van der Waals surface area contributed by atoms with Crippen molar-refractivity contribution in [3.8, 4) is 0 Å². The van der Waals surface area contributed by atoms with Gasteiger partial charge in [0.05, 0.1) is 18.9 Å². The van der Waals surface area contributed by atoms with Crippen LogP contribution in [0.3, 0.4) is 0 Å². The lowest BCUT2D eigenvalue weighted by atomic mass is 10.2. The van der Waals surface area contributed by atoms with Crippen LogP contribution in [0.15, 0.2) is 30.4 Å². The number of nitrogen functional groups attached to an aromatic ring is 1. The molecule has 0 fully saturated rings. The van der Waals surface area contributed by atoms with Crippen LogP contribution in [0.25, 0.3) is 0 Å². The number of aromatic nitrogens is 2. The number of carbonyl (C=O) groups is 2. The van der Waals surface area contributed by atoms with E-state index < -0.39 is 5.82 Å². The molecule has 2 aromatic heterocycles. The molecular formula is C21H28N4O6S. The molecule has 1 amide bonds. The van der Waals surface area contributed by atoms with Gasteiger partial charge < -0.3 is 24.2 Å². The second kappa shape index (κ2) is 12.1. The summed E-state index contributed by atoms with van der Waals surface area (Å²) in [7, 11) is 0. The molecule has 10 nitrogen and oxygen atoms in total. The van der Waals surface area contributed by atoms with E-state index in [9.17, 15) is 14.4 Å². The van der Waals surface area contributed by atoms with Crippen LogP contribution < -0.4 is 11.6 Å². The number of carbonyl (C=O) groups excluding carboxylic acids is 2. The first-order valence-electron chi connectivity index (χ1n) is 10.1. The molecule has 2 heterocycles. The normalized spacial score (nSPS) is 11.8. The van der Waals surface area contributed by atoms with Gasteiger partial charge in [-0.3, -0.25) is 9.59 Å². The summed E-state index contributed by atoms with van der Waals surface area (Å²) in [6, 6.07) is 0. The molecule has 2 N–H and O–H groups in total. The Kier molecular flexibility index (Phi) is 9.51. The number of esters is 1. The van der Waals surface area contributed by atoms with Crippen molar-refractivity contribution in [1.82, 2.24) is 14.9 Å². The Morgan fingerprint density at radius 2 is 2.06 bits per heavy atom. The van der Waals surface area contributed by atoms with E-state index >= 15 is 0 Å². The average molecular weight is 465 g/mol. The number of ether oxygens (including phenoxy) is 1. The van der Waals surface area contributed by atoms with Crippen LogP contribution in [0, 0.1) is 13.8 Å². The lowest BCUT2D eigenvalue weighted by molar-refractivity contribution is -0.143. The second-order valence-electron chi connectivity index (χ2n) is 7.01. The number of nitrogens with two attached hydrogens (primary N) is 1. The molecule has 0 spiro atoms. The summed E-state index contributed by atoms with van der Waals surface area (Å²) < 4.78 is 15.2. The minimum absolute atomic E-state index is 0.162. The van der Waals surface area contributed by atoms with Gasteiger partial charge >= 0.3 is 11.8 Å². The Balaban J connectivity index is 2.23. The maximum Gasteiger partial charge on any atom is 0.519 e. The van der Waals surface area contributed by atoms with Crippen molar-refractivity contribution in [1.29, 1.82) is 0 Å². The Hall–Kier alpha value is -3.08. The van der Waals surface area contributed by atoms with Crippen molar-refractivity contribution < 1.29 is 23.2 Å². The number of thioether (sulfide) groups is 1. The number of hydrogen-bond donors (Lipinski definition) is 1. The van der Waals surface area contributed by atoms with Crippen molar-refractivity contribution in [2.24, 2.45) is 0 Å². The Morgan fingerprint density at radius 1 is 1.31 bits per heavy atom. The van der Waals surface area contributed by atoms with E-state index in [-0.39, 0.29) is 19.1 Å². The molecule has 0 aliphatic carbocycles. The summed E-state index contributed by atoms with van der Waals surface area (Å²) >= 11 is 1.37. The zero-order valence-electron chi connectivity index (χ0n) is 18.7. The van der Waals surface area contributed by atoms with Crippen LogP contribution in [0.1, 0.15) is 56.0 Å². The van der Waals surface area contributed by atoms with E-state index in [0.29, 0.717) is 65.8 Å². The number of amides is 1. The first kappa shape index (κ1) is 25.2. The van der Waals surface area contributed by atoms with Gasteiger partial charge in [-0.2, -0.15) is 0 Å². The van der Waals surface area contributed by atoms with Gasteiger partial charge in [0.2, 0.25) is 6.41 Å². The third kappa shape index (κ3) is 7.26. The first-order valence-corrected chi connectivity index (χ1v) is 11.1. The maximum atomic E-state index is 11.9. The molecule has 174 valence electrons. The standard InChI is InChI=1S/C21H28N4O6S/c1-5-6-19(27)29-8-7-18(32-11-17-14(3)30-21(28)31-17)13(2)25(12-26)10-16-9-23-15(4)24-20(16)22/h9,12H,5-8,10-11H2,1-4H3,(H2,22,23,24)/b18-13-. The van der Waals surface area contributed by atoms with Crippen LogP contribution in [0.5, 0.6) is 0 Å². The summed E-state index contributed by atoms with van der Waals surface area (Å²) in [4.78, 5) is 45.5. The van der Waals surface area contributed by atoms with Crippen LogP contribution >= 0.6 is 11.8 Å². The number of nitrogens with zero attached hydrogens (tertiary/aromatic N) is 3. The maximum absolute atomic E-state index is 11.9. The smallest absolute Gasteiger partial charge is 0.465 e. The van der Waals surface area contributed by atoms with Crippen molar-refractivity contribution >= 4 is 30.0 Å². The lowest BCUT2D eigenvalue weighted by Gasteiger charge is -2.22. The van der Waals surface area contributed by atoms with Gasteiger partial charge in [0.15, 0.2) is 5.76 Å².